The number of thioether (sulfide) groups is 1. The Bertz CT molecular complexity index is 471. The van der Waals surface area contributed by atoms with Gasteiger partial charge >= 0.3 is 0 Å². The topological polar surface area (TPSA) is 32.3 Å². The van der Waals surface area contributed by atoms with Crippen LogP contribution in [0.2, 0.25) is 0 Å². The van der Waals surface area contributed by atoms with Crippen molar-refractivity contribution in [2.24, 2.45) is 0 Å². The SMILES string of the molecule is CC1(CN2CNC(Cc3ccccc3)C2=O)CCCS1. The summed E-state index contributed by atoms with van der Waals surface area (Å²) in [7, 11) is 0. The molecule has 2 heterocycles. The summed E-state index contributed by atoms with van der Waals surface area (Å²) in [4.78, 5) is 14.5. The number of nitrogens with zero attached hydrogens (tertiary/aromatic N) is 1. The lowest BCUT2D eigenvalue weighted by atomic mass is 10.0. The molecule has 2 unspecified atom stereocenters. The van der Waals surface area contributed by atoms with E-state index in [4.69, 9.17) is 0 Å². The van der Waals surface area contributed by atoms with Crippen LogP contribution in [-0.2, 0) is 11.2 Å². The van der Waals surface area contributed by atoms with Gasteiger partial charge in [-0.25, -0.2) is 0 Å². The molecular weight excluding hydrogens is 268 g/mol. The highest BCUT2D eigenvalue weighted by Crippen LogP contribution is 2.38. The third-order valence-electron chi connectivity index (χ3n) is 4.25. The summed E-state index contributed by atoms with van der Waals surface area (Å²) in [6.45, 7) is 3.88. The van der Waals surface area contributed by atoms with E-state index in [2.05, 4.69) is 24.4 Å². The fourth-order valence-electron chi connectivity index (χ4n) is 3.11. The Morgan fingerprint density at radius 1 is 1.40 bits per heavy atom. The van der Waals surface area contributed by atoms with Gasteiger partial charge in [-0.05, 0) is 37.5 Å². The molecule has 0 aromatic heterocycles. The van der Waals surface area contributed by atoms with Crippen molar-refractivity contribution in [2.45, 2.75) is 37.0 Å². The van der Waals surface area contributed by atoms with E-state index in [-0.39, 0.29) is 16.7 Å². The zero-order valence-corrected chi connectivity index (χ0v) is 12.8. The molecule has 1 aromatic rings. The molecule has 2 fully saturated rings. The average Bonchev–Trinajstić information content (AvgIpc) is 3.01. The van der Waals surface area contributed by atoms with E-state index in [9.17, 15) is 4.79 Å². The average molecular weight is 290 g/mol. The number of benzene rings is 1. The molecule has 3 nitrogen and oxygen atoms in total. The molecule has 0 saturated carbocycles. The van der Waals surface area contributed by atoms with E-state index < -0.39 is 0 Å². The van der Waals surface area contributed by atoms with E-state index >= 15 is 0 Å². The van der Waals surface area contributed by atoms with Crippen molar-refractivity contribution in [1.82, 2.24) is 10.2 Å². The number of amides is 1. The monoisotopic (exact) mass is 290 g/mol. The predicted molar refractivity (Wildman–Crippen MR) is 83.7 cm³/mol. The second-order valence-corrected chi connectivity index (χ2v) is 7.73. The fraction of sp³-hybridized carbons (Fsp3) is 0.562. The maximum absolute atomic E-state index is 12.5. The molecule has 1 N–H and O–H groups in total. The minimum absolute atomic E-state index is 0.0487. The van der Waals surface area contributed by atoms with Crippen molar-refractivity contribution in [3.8, 4) is 0 Å². The first kappa shape index (κ1) is 14.0. The molecule has 20 heavy (non-hydrogen) atoms. The fourth-order valence-corrected chi connectivity index (χ4v) is 4.43. The van der Waals surface area contributed by atoms with Crippen LogP contribution in [0.5, 0.6) is 0 Å². The summed E-state index contributed by atoms with van der Waals surface area (Å²) >= 11 is 2.02. The first-order valence-corrected chi connectivity index (χ1v) is 8.35. The Hall–Kier alpha value is -1.000. The molecule has 108 valence electrons. The number of carbonyl (C=O) groups is 1. The van der Waals surface area contributed by atoms with Gasteiger partial charge in [-0.3, -0.25) is 10.1 Å². The van der Waals surface area contributed by atoms with Crippen LogP contribution in [0.3, 0.4) is 0 Å². The zero-order chi connectivity index (χ0) is 14.0. The summed E-state index contributed by atoms with van der Waals surface area (Å²) in [6.07, 6.45) is 3.30. The number of hydrogen-bond acceptors (Lipinski definition) is 3. The lowest BCUT2D eigenvalue weighted by molar-refractivity contribution is -0.129. The number of hydrogen-bond donors (Lipinski definition) is 1. The molecule has 1 amide bonds. The molecule has 0 bridgehead atoms. The van der Waals surface area contributed by atoms with Gasteiger partial charge in [-0.1, -0.05) is 30.3 Å². The Labute approximate surface area is 125 Å². The molecule has 2 atom stereocenters. The largest absolute Gasteiger partial charge is 0.327 e. The van der Waals surface area contributed by atoms with Crippen LogP contribution in [0.4, 0.5) is 0 Å². The van der Waals surface area contributed by atoms with Gasteiger partial charge < -0.3 is 4.90 Å². The summed E-state index contributed by atoms with van der Waals surface area (Å²) in [5.41, 5.74) is 1.22. The summed E-state index contributed by atoms with van der Waals surface area (Å²) < 4.78 is 0.263. The first-order valence-electron chi connectivity index (χ1n) is 7.36. The van der Waals surface area contributed by atoms with E-state index in [0.717, 1.165) is 13.0 Å². The second kappa shape index (κ2) is 5.78. The van der Waals surface area contributed by atoms with Gasteiger partial charge in [-0.15, -0.1) is 0 Å². The molecule has 4 heteroatoms. The second-order valence-electron chi connectivity index (χ2n) is 6.04. The molecular formula is C16H22N2OS. The van der Waals surface area contributed by atoms with Crippen LogP contribution >= 0.6 is 11.8 Å². The van der Waals surface area contributed by atoms with Crippen LogP contribution in [0, 0.1) is 0 Å². The van der Waals surface area contributed by atoms with E-state index in [1.807, 2.05) is 34.9 Å². The third-order valence-corrected chi connectivity index (χ3v) is 5.77. The highest BCUT2D eigenvalue weighted by molar-refractivity contribution is 8.00. The Kier molecular flexibility index (Phi) is 4.03. The first-order chi connectivity index (χ1) is 9.66. The van der Waals surface area contributed by atoms with Gasteiger partial charge in [0.05, 0.1) is 12.7 Å². The van der Waals surface area contributed by atoms with Crippen molar-refractivity contribution in [1.29, 1.82) is 0 Å². The lowest BCUT2D eigenvalue weighted by Crippen LogP contribution is -2.40. The van der Waals surface area contributed by atoms with Crippen LogP contribution in [0.15, 0.2) is 30.3 Å². The van der Waals surface area contributed by atoms with Crippen LogP contribution in [0.25, 0.3) is 0 Å². The van der Waals surface area contributed by atoms with E-state index in [1.54, 1.807) is 0 Å². The Balaban J connectivity index is 1.59. The van der Waals surface area contributed by atoms with Crippen molar-refractivity contribution in [3.63, 3.8) is 0 Å². The standard InChI is InChI=1S/C16H22N2OS/c1-16(8-5-9-20-16)11-18-12-17-14(15(18)19)10-13-6-3-2-4-7-13/h2-4,6-7,14,17H,5,8-12H2,1H3. The van der Waals surface area contributed by atoms with Crippen molar-refractivity contribution >= 4 is 17.7 Å². The highest BCUT2D eigenvalue weighted by Gasteiger charge is 2.38. The van der Waals surface area contributed by atoms with Crippen molar-refractivity contribution in [3.05, 3.63) is 35.9 Å². The molecule has 2 aliphatic heterocycles. The minimum Gasteiger partial charge on any atom is -0.327 e. The van der Waals surface area contributed by atoms with Crippen LogP contribution in [-0.4, -0.2) is 40.6 Å². The Morgan fingerprint density at radius 2 is 2.20 bits per heavy atom. The van der Waals surface area contributed by atoms with Gasteiger partial charge in [0.2, 0.25) is 5.91 Å². The molecule has 3 rings (SSSR count). The van der Waals surface area contributed by atoms with Gasteiger partial charge in [0.15, 0.2) is 0 Å². The van der Waals surface area contributed by atoms with Gasteiger partial charge in [-0.2, -0.15) is 11.8 Å². The normalized spacial score (nSPS) is 30.1. The van der Waals surface area contributed by atoms with Crippen LogP contribution in [0.1, 0.15) is 25.3 Å². The van der Waals surface area contributed by atoms with Gasteiger partial charge in [0.1, 0.15) is 0 Å². The van der Waals surface area contributed by atoms with Gasteiger partial charge in [0.25, 0.3) is 0 Å². The summed E-state index contributed by atoms with van der Waals surface area (Å²) in [5.74, 6) is 1.50. The summed E-state index contributed by atoms with van der Waals surface area (Å²) in [6, 6.07) is 10.2. The number of nitrogens with one attached hydrogen (secondary N) is 1. The molecule has 2 aliphatic rings. The minimum atomic E-state index is -0.0487. The quantitative estimate of drug-likeness (QED) is 0.923. The predicted octanol–water partition coefficient (Wildman–Crippen LogP) is 2.27. The maximum atomic E-state index is 12.5. The van der Waals surface area contributed by atoms with E-state index in [0.29, 0.717) is 6.67 Å². The zero-order valence-electron chi connectivity index (χ0n) is 12.0. The van der Waals surface area contributed by atoms with Crippen LogP contribution < -0.4 is 5.32 Å². The molecule has 0 radical (unpaired) electrons. The molecule has 1 aromatic carbocycles. The summed E-state index contributed by atoms with van der Waals surface area (Å²) in [5, 5.41) is 3.36. The van der Waals surface area contributed by atoms with Crippen molar-refractivity contribution in [2.75, 3.05) is 19.0 Å². The number of rotatable bonds is 4. The third kappa shape index (κ3) is 3.01. The lowest BCUT2D eigenvalue weighted by Gasteiger charge is -2.28. The number of carbonyl (C=O) groups excluding carboxylic acids is 1. The highest BCUT2D eigenvalue weighted by atomic mass is 32.2. The molecule has 0 aliphatic carbocycles. The van der Waals surface area contributed by atoms with E-state index in [1.165, 1.54) is 24.2 Å². The Morgan fingerprint density at radius 3 is 2.90 bits per heavy atom. The van der Waals surface area contributed by atoms with Gasteiger partial charge in [0, 0.05) is 11.3 Å². The maximum Gasteiger partial charge on any atom is 0.241 e. The van der Waals surface area contributed by atoms with Crippen molar-refractivity contribution < 1.29 is 4.79 Å². The molecule has 2 saturated heterocycles. The smallest absolute Gasteiger partial charge is 0.241 e. The molecule has 0 spiro atoms.